The van der Waals surface area contributed by atoms with Crippen LogP contribution in [0.25, 0.3) is 0 Å². The molecule has 0 saturated carbocycles. The molecule has 3 heteroatoms. The molecule has 1 heterocycles. The number of hydrogen-bond acceptors (Lipinski definition) is 3. The molecule has 1 rings (SSSR count). The number of Topliss-reactive ketones (excluding diaryl/α,β-unsaturated/α-hetero) is 2. The third kappa shape index (κ3) is 2.65. The number of hydrogen-bond donors (Lipinski definition) is 0. The Balaban J connectivity index is 2.83. The molecule has 15 heavy (non-hydrogen) atoms. The molecule has 0 spiro atoms. The van der Waals surface area contributed by atoms with Crippen LogP contribution in [0.2, 0.25) is 0 Å². The van der Waals surface area contributed by atoms with E-state index >= 15 is 0 Å². The van der Waals surface area contributed by atoms with Gasteiger partial charge in [-0.05, 0) is 39.2 Å². The van der Waals surface area contributed by atoms with Crippen LogP contribution in [0.3, 0.4) is 0 Å². The maximum atomic E-state index is 11.6. The average Bonchev–Trinajstić information content (AvgIpc) is 2.51. The molecule has 2 atom stereocenters. The van der Waals surface area contributed by atoms with E-state index in [9.17, 15) is 9.59 Å². The highest BCUT2D eigenvalue weighted by atomic mass is 16.1. The van der Waals surface area contributed by atoms with Gasteiger partial charge in [-0.1, -0.05) is 13.8 Å². The summed E-state index contributed by atoms with van der Waals surface area (Å²) in [5.41, 5.74) is 0. The SMILES string of the molecule is CC(=O)C(C(C)C)N1CCC[C@H]1C(C)=O. The zero-order chi connectivity index (χ0) is 11.6. The lowest BCUT2D eigenvalue weighted by atomic mass is 9.97. The first-order chi connectivity index (χ1) is 6.95. The third-order valence-corrected chi connectivity index (χ3v) is 3.17. The lowest BCUT2D eigenvalue weighted by Gasteiger charge is -2.32. The Morgan fingerprint density at radius 1 is 1.27 bits per heavy atom. The Kier molecular flexibility index (Phi) is 4.03. The Morgan fingerprint density at radius 2 is 1.87 bits per heavy atom. The zero-order valence-electron chi connectivity index (χ0n) is 10.1. The Morgan fingerprint density at radius 3 is 2.27 bits per heavy atom. The van der Waals surface area contributed by atoms with Gasteiger partial charge in [0.25, 0.3) is 0 Å². The summed E-state index contributed by atoms with van der Waals surface area (Å²) in [5, 5.41) is 0. The predicted molar refractivity (Wildman–Crippen MR) is 59.7 cm³/mol. The Hall–Kier alpha value is -0.700. The molecule has 1 fully saturated rings. The van der Waals surface area contributed by atoms with Crippen molar-refractivity contribution in [2.75, 3.05) is 6.54 Å². The molecular weight excluding hydrogens is 190 g/mol. The van der Waals surface area contributed by atoms with E-state index in [1.807, 2.05) is 13.8 Å². The highest BCUT2D eigenvalue weighted by Crippen LogP contribution is 2.24. The first-order valence-corrected chi connectivity index (χ1v) is 5.71. The summed E-state index contributed by atoms with van der Waals surface area (Å²) >= 11 is 0. The van der Waals surface area contributed by atoms with Gasteiger partial charge in [0.05, 0.1) is 12.1 Å². The first-order valence-electron chi connectivity index (χ1n) is 5.71. The van der Waals surface area contributed by atoms with Crippen molar-refractivity contribution in [3.8, 4) is 0 Å². The van der Waals surface area contributed by atoms with Crippen LogP contribution in [-0.4, -0.2) is 35.1 Å². The number of carbonyl (C=O) groups is 2. The molecule has 0 aromatic heterocycles. The molecule has 0 N–H and O–H groups in total. The summed E-state index contributed by atoms with van der Waals surface area (Å²) in [5.74, 6) is 0.653. The van der Waals surface area contributed by atoms with Crippen LogP contribution in [0.15, 0.2) is 0 Å². The van der Waals surface area contributed by atoms with Gasteiger partial charge in [0, 0.05) is 0 Å². The van der Waals surface area contributed by atoms with E-state index in [2.05, 4.69) is 4.90 Å². The van der Waals surface area contributed by atoms with Crippen molar-refractivity contribution in [1.29, 1.82) is 0 Å². The molecule has 0 bridgehead atoms. The van der Waals surface area contributed by atoms with Crippen molar-refractivity contribution < 1.29 is 9.59 Å². The number of rotatable bonds is 4. The smallest absolute Gasteiger partial charge is 0.147 e. The van der Waals surface area contributed by atoms with Gasteiger partial charge >= 0.3 is 0 Å². The molecule has 0 aromatic rings. The Labute approximate surface area is 91.8 Å². The van der Waals surface area contributed by atoms with Crippen molar-refractivity contribution in [3.63, 3.8) is 0 Å². The van der Waals surface area contributed by atoms with Crippen LogP contribution < -0.4 is 0 Å². The molecule has 0 aliphatic carbocycles. The average molecular weight is 211 g/mol. The van der Waals surface area contributed by atoms with Crippen molar-refractivity contribution in [1.82, 2.24) is 4.90 Å². The lowest BCUT2D eigenvalue weighted by Crippen LogP contribution is -2.48. The highest BCUT2D eigenvalue weighted by molar-refractivity contribution is 5.85. The predicted octanol–water partition coefficient (Wildman–Crippen LogP) is 1.65. The van der Waals surface area contributed by atoms with Gasteiger partial charge in [0.2, 0.25) is 0 Å². The summed E-state index contributed by atoms with van der Waals surface area (Å²) in [6.07, 6.45) is 1.94. The summed E-state index contributed by atoms with van der Waals surface area (Å²) in [6.45, 7) is 8.22. The van der Waals surface area contributed by atoms with Gasteiger partial charge < -0.3 is 0 Å². The van der Waals surface area contributed by atoms with Gasteiger partial charge in [0.15, 0.2) is 0 Å². The van der Waals surface area contributed by atoms with Crippen LogP contribution in [-0.2, 0) is 9.59 Å². The normalized spacial score (nSPS) is 24.5. The largest absolute Gasteiger partial charge is 0.298 e. The zero-order valence-corrected chi connectivity index (χ0v) is 10.1. The van der Waals surface area contributed by atoms with Gasteiger partial charge in [0.1, 0.15) is 11.6 Å². The molecule has 86 valence electrons. The van der Waals surface area contributed by atoms with Gasteiger partial charge in [-0.3, -0.25) is 14.5 Å². The maximum absolute atomic E-state index is 11.6. The van der Waals surface area contributed by atoms with E-state index in [0.29, 0.717) is 0 Å². The molecular formula is C12H21NO2. The molecule has 0 aromatic carbocycles. The number of nitrogens with zero attached hydrogens (tertiary/aromatic N) is 1. The van der Waals surface area contributed by atoms with Crippen LogP contribution in [0.1, 0.15) is 40.5 Å². The molecule has 3 nitrogen and oxygen atoms in total. The lowest BCUT2D eigenvalue weighted by molar-refractivity contribution is -0.128. The van der Waals surface area contributed by atoms with E-state index in [1.165, 1.54) is 0 Å². The second-order valence-electron chi connectivity index (χ2n) is 4.81. The standard InChI is InChI=1S/C12H21NO2/c1-8(2)12(10(4)15)13-7-5-6-11(13)9(3)14/h8,11-12H,5-7H2,1-4H3/t11-,12?/m0/s1. The van der Waals surface area contributed by atoms with E-state index in [-0.39, 0.29) is 29.6 Å². The molecule has 0 radical (unpaired) electrons. The third-order valence-electron chi connectivity index (χ3n) is 3.17. The minimum Gasteiger partial charge on any atom is -0.298 e. The van der Waals surface area contributed by atoms with Gasteiger partial charge in [-0.25, -0.2) is 0 Å². The fourth-order valence-electron chi connectivity index (χ4n) is 2.64. The molecule has 1 unspecified atom stereocenters. The minimum absolute atomic E-state index is 0.0266. The van der Waals surface area contributed by atoms with E-state index < -0.39 is 0 Å². The number of likely N-dealkylation sites (tertiary alicyclic amines) is 1. The van der Waals surface area contributed by atoms with Crippen molar-refractivity contribution in [2.45, 2.75) is 52.6 Å². The van der Waals surface area contributed by atoms with Crippen molar-refractivity contribution >= 4 is 11.6 Å². The second kappa shape index (κ2) is 4.88. The Bertz CT molecular complexity index is 260. The van der Waals surface area contributed by atoms with Gasteiger partial charge in [-0.15, -0.1) is 0 Å². The number of carbonyl (C=O) groups excluding carboxylic acids is 2. The minimum atomic E-state index is -0.0820. The second-order valence-corrected chi connectivity index (χ2v) is 4.81. The summed E-state index contributed by atoms with van der Waals surface area (Å²) < 4.78 is 0. The van der Waals surface area contributed by atoms with Crippen molar-refractivity contribution in [2.24, 2.45) is 5.92 Å². The quantitative estimate of drug-likeness (QED) is 0.709. The van der Waals surface area contributed by atoms with Crippen LogP contribution in [0.4, 0.5) is 0 Å². The maximum Gasteiger partial charge on any atom is 0.147 e. The molecule has 0 amide bonds. The van der Waals surface area contributed by atoms with Crippen molar-refractivity contribution in [3.05, 3.63) is 0 Å². The van der Waals surface area contributed by atoms with Gasteiger partial charge in [-0.2, -0.15) is 0 Å². The number of ketones is 2. The highest BCUT2D eigenvalue weighted by Gasteiger charge is 2.36. The van der Waals surface area contributed by atoms with Crippen LogP contribution in [0, 0.1) is 5.92 Å². The van der Waals surface area contributed by atoms with E-state index in [4.69, 9.17) is 0 Å². The molecule has 1 aliphatic heterocycles. The summed E-state index contributed by atoms with van der Waals surface area (Å²) in [6, 6.07) is -0.109. The topological polar surface area (TPSA) is 37.4 Å². The van der Waals surface area contributed by atoms with Crippen LogP contribution >= 0.6 is 0 Å². The van der Waals surface area contributed by atoms with Crippen LogP contribution in [0.5, 0.6) is 0 Å². The molecule has 1 aliphatic rings. The van der Waals surface area contributed by atoms with E-state index in [1.54, 1.807) is 13.8 Å². The first kappa shape index (κ1) is 12.4. The summed E-state index contributed by atoms with van der Waals surface area (Å²) in [7, 11) is 0. The fraction of sp³-hybridized carbons (Fsp3) is 0.833. The monoisotopic (exact) mass is 211 g/mol. The summed E-state index contributed by atoms with van der Waals surface area (Å²) in [4.78, 5) is 25.1. The molecule has 1 saturated heterocycles. The fourth-order valence-corrected chi connectivity index (χ4v) is 2.64. The van der Waals surface area contributed by atoms with E-state index in [0.717, 1.165) is 19.4 Å².